The summed E-state index contributed by atoms with van der Waals surface area (Å²) in [4.78, 5) is 14.9. The van der Waals surface area contributed by atoms with Crippen molar-refractivity contribution in [1.82, 2.24) is 4.90 Å². The van der Waals surface area contributed by atoms with Gasteiger partial charge >= 0.3 is 5.97 Å². The molecule has 2 unspecified atom stereocenters. The number of fused-ring (bicyclic) bond motifs is 2. The number of rotatable bonds is 5. The van der Waals surface area contributed by atoms with E-state index in [0.29, 0.717) is 28.6 Å². The van der Waals surface area contributed by atoms with Crippen LogP contribution in [0.25, 0.3) is 0 Å². The molecular weight excluding hydrogens is 374 g/mol. The largest absolute Gasteiger partial charge is 0.493 e. The second-order valence-electron chi connectivity index (χ2n) is 7.20. The van der Waals surface area contributed by atoms with Crippen molar-refractivity contribution >= 4 is 5.97 Å². The van der Waals surface area contributed by atoms with Gasteiger partial charge in [-0.25, -0.2) is 4.79 Å². The van der Waals surface area contributed by atoms with E-state index in [1.54, 1.807) is 34.5 Å². The standard InChI is InChI=1S/C22H25NO6/c1-23-7-6-12-8-16(25-2)17(26-3)9-13(12)20(23)21-14-10-18(27-4)19(28-5)11-15(14)22(24)29-21/h8-11,20-21H,6-7H2,1-5H3. The van der Waals surface area contributed by atoms with Gasteiger partial charge in [0, 0.05) is 12.1 Å². The number of ether oxygens (including phenoxy) is 5. The van der Waals surface area contributed by atoms with Crippen molar-refractivity contribution in [3.05, 3.63) is 46.5 Å². The third kappa shape index (κ3) is 3.06. The molecule has 0 N–H and O–H groups in total. The Morgan fingerprint density at radius 2 is 1.41 bits per heavy atom. The zero-order valence-electron chi connectivity index (χ0n) is 17.3. The zero-order chi connectivity index (χ0) is 20.7. The van der Waals surface area contributed by atoms with Crippen molar-refractivity contribution in [2.75, 3.05) is 42.0 Å². The van der Waals surface area contributed by atoms with Gasteiger partial charge in [0.15, 0.2) is 23.0 Å². The lowest BCUT2D eigenvalue weighted by Crippen LogP contribution is -2.36. The van der Waals surface area contributed by atoms with Gasteiger partial charge in [0.1, 0.15) is 6.10 Å². The molecule has 0 saturated heterocycles. The second-order valence-corrected chi connectivity index (χ2v) is 7.20. The highest BCUT2D eigenvalue weighted by atomic mass is 16.6. The summed E-state index contributed by atoms with van der Waals surface area (Å²) in [6.45, 7) is 0.837. The van der Waals surface area contributed by atoms with Crippen LogP contribution < -0.4 is 18.9 Å². The van der Waals surface area contributed by atoms with Gasteiger partial charge < -0.3 is 23.7 Å². The predicted molar refractivity (Wildman–Crippen MR) is 106 cm³/mol. The van der Waals surface area contributed by atoms with Gasteiger partial charge in [-0.3, -0.25) is 4.90 Å². The molecule has 0 radical (unpaired) electrons. The fourth-order valence-corrected chi connectivity index (χ4v) is 4.28. The first-order valence-corrected chi connectivity index (χ1v) is 9.44. The number of esters is 1. The number of carbonyl (C=O) groups is 1. The monoisotopic (exact) mass is 399 g/mol. The molecule has 7 nitrogen and oxygen atoms in total. The summed E-state index contributed by atoms with van der Waals surface area (Å²) in [5.74, 6) is 2.08. The normalized spacial score (nSPS) is 20.5. The number of hydrogen-bond donors (Lipinski definition) is 0. The van der Waals surface area contributed by atoms with Gasteiger partial charge in [-0.1, -0.05) is 0 Å². The Hall–Kier alpha value is -2.93. The molecule has 29 heavy (non-hydrogen) atoms. The minimum atomic E-state index is -0.459. The molecule has 0 spiro atoms. The maximum atomic E-state index is 12.6. The van der Waals surface area contributed by atoms with E-state index in [1.807, 2.05) is 25.2 Å². The molecule has 2 heterocycles. The molecule has 2 aromatic carbocycles. The van der Waals surface area contributed by atoms with Gasteiger partial charge in [-0.2, -0.15) is 0 Å². The Balaban J connectivity index is 1.84. The Morgan fingerprint density at radius 1 is 0.862 bits per heavy atom. The molecule has 0 saturated carbocycles. The van der Waals surface area contributed by atoms with Crippen LogP contribution in [0.3, 0.4) is 0 Å². The maximum Gasteiger partial charge on any atom is 0.339 e. The minimum absolute atomic E-state index is 0.151. The van der Waals surface area contributed by atoms with E-state index in [-0.39, 0.29) is 12.0 Å². The lowest BCUT2D eigenvalue weighted by molar-refractivity contribution is 0.00935. The molecule has 0 fully saturated rings. The molecule has 154 valence electrons. The van der Waals surface area contributed by atoms with Crippen LogP contribution in [-0.4, -0.2) is 52.9 Å². The maximum absolute atomic E-state index is 12.6. The van der Waals surface area contributed by atoms with Gasteiger partial charge in [0.25, 0.3) is 0 Å². The Bertz CT molecular complexity index is 957. The molecule has 2 aliphatic rings. The van der Waals surface area contributed by atoms with E-state index in [0.717, 1.165) is 29.7 Å². The van der Waals surface area contributed by atoms with Crippen LogP contribution in [-0.2, 0) is 11.2 Å². The van der Waals surface area contributed by atoms with E-state index in [9.17, 15) is 4.79 Å². The number of benzene rings is 2. The lowest BCUT2D eigenvalue weighted by atomic mass is 9.86. The van der Waals surface area contributed by atoms with E-state index < -0.39 is 6.10 Å². The van der Waals surface area contributed by atoms with E-state index in [4.69, 9.17) is 23.7 Å². The average Bonchev–Trinajstić information content (AvgIpc) is 3.06. The van der Waals surface area contributed by atoms with Crippen LogP contribution in [0, 0.1) is 0 Å². The second kappa shape index (κ2) is 7.48. The number of hydrogen-bond acceptors (Lipinski definition) is 7. The van der Waals surface area contributed by atoms with Crippen molar-refractivity contribution in [2.24, 2.45) is 0 Å². The molecule has 2 atom stereocenters. The first-order valence-electron chi connectivity index (χ1n) is 9.44. The molecule has 2 aromatic rings. The van der Waals surface area contributed by atoms with Gasteiger partial charge in [0.05, 0.1) is 40.0 Å². The Labute approximate surface area is 170 Å². The molecule has 4 rings (SSSR count). The molecule has 0 bridgehead atoms. The third-order valence-electron chi connectivity index (χ3n) is 5.78. The molecule has 0 amide bonds. The van der Waals surface area contributed by atoms with Crippen molar-refractivity contribution < 1.29 is 28.5 Å². The van der Waals surface area contributed by atoms with Crippen LogP contribution in [0.1, 0.15) is 39.2 Å². The lowest BCUT2D eigenvalue weighted by Gasteiger charge is -2.38. The molecular formula is C22H25NO6. The van der Waals surface area contributed by atoms with E-state index in [1.165, 1.54) is 0 Å². The first-order chi connectivity index (χ1) is 14.0. The van der Waals surface area contributed by atoms with E-state index >= 15 is 0 Å². The fourth-order valence-electron chi connectivity index (χ4n) is 4.28. The zero-order valence-corrected chi connectivity index (χ0v) is 17.3. The molecule has 0 aromatic heterocycles. The van der Waals surface area contributed by atoms with Crippen LogP contribution >= 0.6 is 0 Å². The number of methoxy groups -OCH3 is 4. The smallest absolute Gasteiger partial charge is 0.339 e. The summed E-state index contributed by atoms with van der Waals surface area (Å²) in [7, 11) is 8.42. The minimum Gasteiger partial charge on any atom is -0.493 e. The fraction of sp³-hybridized carbons (Fsp3) is 0.409. The highest BCUT2D eigenvalue weighted by Gasteiger charge is 2.42. The highest BCUT2D eigenvalue weighted by molar-refractivity contribution is 5.95. The number of nitrogens with zero attached hydrogens (tertiary/aromatic N) is 1. The summed E-state index contributed by atoms with van der Waals surface area (Å²) in [5, 5.41) is 0. The SMILES string of the molecule is COc1cc2c(cc1OC)C(C1OC(=O)c3cc(OC)c(OC)cc31)N(C)CC2. The number of cyclic esters (lactones) is 1. The van der Waals surface area contributed by atoms with Gasteiger partial charge in [0.2, 0.25) is 0 Å². The summed E-state index contributed by atoms with van der Waals surface area (Å²) < 4.78 is 27.7. The van der Waals surface area contributed by atoms with Crippen LogP contribution in [0.15, 0.2) is 24.3 Å². The number of carbonyl (C=O) groups excluding carboxylic acids is 1. The van der Waals surface area contributed by atoms with Crippen molar-refractivity contribution in [3.8, 4) is 23.0 Å². The first kappa shape index (κ1) is 19.4. The van der Waals surface area contributed by atoms with Crippen LogP contribution in [0.4, 0.5) is 0 Å². The molecule has 2 aliphatic heterocycles. The number of likely N-dealkylation sites (N-methyl/N-ethyl adjacent to an activating group) is 1. The summed E-state index contributed by atoms with van der Waals surface area (Å²) in [6.07, 6.45) is 0.418. The molecule has 0 aliphatic carbocycles. The summed E-state index contributed by atoms with van der Waals surface area (Å²) >= 11 is 0. The van der Waals surface area contributed by atoms with Gasteiger partial charge in [-0.15, -0.1) is 0 Å². The Morgan fingerprint density at radius 3 is 2.03 bits per heavy atom. The topological polar surface area (TPSA) is 66.5 Å². The van der Waals surface area contributed by atoms with Crippen LogP contribution in [0.5, 0.6) is 23.0 Å². The van der Waals surface area contributed by atoms with Crippen molar-refractivity contribution in [3.63, 3.8) is 0 Å². The predicted octanol–water partition coefficient (Wildman–Crippen LogP) is 3.16. The quantitative estimate of drug-likeness (QED) is 0.716. The van der Waals surface area contributed by atoms with E-state index in [2.05, 4.69) is 4.90 Å². The summed E-state index contributed by atoms with van der Waals surface area (Å²) in [5.41, 5.74) is 3.54. The molecule has 7 heteroatoms. The van der Waals surface area contributed by atoms with Crippen molar-refractivity contribution in [2.45, 2.75) is 18.6 Å². The third-order valence-corrected chi connectivity index (χ3v) is 5.78. The van der Waals surface area contributed by atoms with Crippen LogP contribution in [0.2, 0.25) is 0 Å². The highest BCUT2D eigenvalue weighted by Crippen LogP contribution is 2.49. The average molecular weight is 399 g/mol. The van der Waals surface area contributed by atoms with Crippen molar-refractivity contribution in [1.29, 1.82) is 0 Å². The summed E-state index contributed by atoms with van der Waals surface area (Å²) in [6, 6.07) is 7.38. The Kier molecular flexibility index (Phi) is 5.00. The van der Waals surface area contributed by atoms with Gasteiger partial charge in [-0.05, 0) is 48.9 Å².